The van der Waals surface area contributed by atoms with E-state index >= 15 is 0 Å². The van der Waals surface area contributed by atoms with Crippen LogP contribution in [0.4, 0.5) is 17.1 Å². The number of benzene rings is 3. The molecule has 0 radical (unpaired) electrons. The molecule has 0 aliphatic carbocycles. The summed E-state index contributed by atoms with van der Waals surface area (Å²) in [6.07, 6.45) is 1.03. The van der Waals surface area contributed by atoms with Crippen molar-refractivity contribution in [3.63, 3.8) is 0 Å². The highest BCUT2D eigenvalue weighted by Crippen LogP contribution is 2.30. The highest BCUT2D eigenvalue weighted by Gasteiger charge is 2.36. The van der Waals surface area contributed by atoms with Crippen LogP contribution in [0.15, 0.2) is 66.7 Å². The van der Waals surface area contributed by atoms with Crippen LogP contribution < -0.4 is 14.9 Å². The molecule has 0 atom stereocenters. The van der Waals surface area contributed by atoms with Gasteiger partial charge in [-0.05, 0) is 55.0 Å². The number of sulfonamides is 1. The average molecular weight is 449 g/mol. The van der Waals surface area contributed by atoms with Crippen molar-refractivity contribution in [2.24, 2.45) is 0 Å². The Morgan fingerprint density at radius 1 is 0.875 bits per heavy atom. The summed E-state index contributed by atoms with van der Waals surface area (Å²) in [6.45, 7) is 1.72. The van der Waals surface area contributed by atoms with E-state index in [9.17, 15) is 22.8 Å². The molecule has 1 heterocycles. The molecule has 2 N–H and O–H groups in total. The summed E-state index contributed by atoms with van der Waals surface area (Å²) >= 11 is 0. The highest BCUT2D eigenvalue weighted by molar-refractivity contribution is 7.92. The van der Waals surface area contributed by atoms with Gasteiger partial charge >= 0.3 is 0 Å². The third-order valence-corrected chi connectivity index (χ3v) is 5.54. The van der Waals surface area contributed by atoms with Crippen LogP contribution in [0.5, 0.6) is 0 Å². The summed E-state index contributed by atoms with van der Waals surface area (Å²) in [5.41, 5.74) is 2.59. The predicted molar refractivity (Wildman–Crippen MR) is 122 cm³/mol. The Balaban J connectivity index is 1.58. The second kappa shape index (κ2) is 7.93. The number of imide groups is 1. The Kier molecular flexibility index (Phi) is 5.27. The Bertz CT molecular complexity index is 1350. The quantitative estimate of drug-likeness (QED) is 0.580. The van der Waals surface area contributed by atoms with Crippen LogP contribution >= 0.6 is 0 Å². The first-order valence-electron chi connectivity index (χ1n) is 9.62. The van der Waals surface area contributed by atoms with Gasteiger partial charge in [-0.2, -0.15) is 0 Å². The zero-order valence-corrected chi connectivity index (χ0v) is 18.1. The lowest BCUT2D eigenvalue weighted by molar-refractivity contribution is 0.0925. The SMILES string of the molecule is Cc1ccc(C(=O)Nc2cccc(N3C(=O)c4ccccc4C3=O)c2)cc1NS(C)(=O)=O. The molecule has 9 heteroatoms. The number of amides is 3. The highest BCUT2D eigenvalue weighted by atomic mass is 32.2. The molecule has 0 fully saturated rings. The summed E-state index contributed by atoms with van der Waals surface area (Å²) in [6, 6.07) is 17.6. The van der Waals surface area contributed by atoms with Crippen LogP contribution in [0.2, 0.25) is 0 Å². The molecule has 3 aromatic carbocycles. The number of nitrogens with zero attached hydrogens (tertiary/aromatic N) is 1. The Morgan fingerprint density at radius 2 is 1.53 bits per heavy atom. The fraction of sp³-hybridized carbons (Fsp3) is 0.0870. The van der Waals surface area contributed by atoms with Crippen molar-refractivity contribution in [3.8, 4) is 0 Å². The maximum absolute atomic E-state index is 12.7. The van der Waals surface area contributed by atoms with Crippen molar-refractivity contribution in [1.82, 2.24) is 0 Å². The fourth-order valence-corrected chi connectivity index (χ4v) is 4.04. The molecular formula is C23H19N3O5S. The molecule has 3 amide bonds. The average Bonchev–Trinajstić information content (AvgIpc) is 2.99. The monoisotopic (exact) mass is 449 g/mol. The van der Waals surface area contributed by atoms with E-state index in [0.717, 1.165) is 11.2 Å². The molecule has 32 heavy (non-hydrogen) atoms. The van der Waals surface area contributed by atoms with Crippen molar-refractivity contribution in [3.05, 3.63) is 89.0 Å². The summed E-state index contributed by atoms with van der Waals surface area (Å²) in [7, 11) is -3.50. The standard InChI is InChI=1S/C23H19N3O5S/c1-14-10-11-15(12-20(14)25-32(2,30)31)21(27)24-16-6-5-7-17(13-16)26-22(28)18-8-3-4-9-19(18)23(26)29/h3-13,25H,1-2H3,(H,24,27). The number of fused-ring (bicyclic) bond motifs is 1. The number of hydrogen-bond acceptors (Lipinski definition) is 5. The van der Waals surface area contributed by atoms with Gasteiger partial charge in [0.2, 0.25) is 10.0 Å². The third-order valence-electron chi connectivity index (χ3n) is 4.95. The lowest BCUT2D eigenvalue weighted by Gasteiger charge is -2.15. The summed E-state index contributed by atoms with van der Waals surface area (Å²) < 4.78 is 25.5. The molecule has 1 aliphatic rings. The molecule has 1 aliphatic heterocycles. The smallest absolute Gasteiger partial charge is 0.266 e. The van der Waals surface area contributed by atoms with Gasteiger partial charge in [0.25, 0.3) is 17.7 Å². The molecule has 0 saturated heterocycles. The van der Waals surface area contributed by atoms with Gasteiger partial charge in [0, 0.05) is 11.3 Å². The molecule has 0 bridgehead atoms. The van der Waals surface area contributed by atoms with E-state index in [1.54, 1.807) is 61.5 Å². The van der Waals surface area contributed by atoms with Gasteiger partial charge in [-0.3, -0.25) is 19.1 Å². The van der Waals surface area contributed by atoms with E-state index in [4.69, 9.17) is 0 Å². The normalized spacial score (nSPS) is 13.1. The number of carbonyl (C=O) groups excluding carboxylic acids is 3. The van der Waals surface area contributed by atoms with E-state index in [0.29, 0.717) is 33.8 Å². The number of rotatable bonds is 5. The van der Waals surface area contributed by atoms with Crippen molar-refractivity contribution >= 4 is 44.8 Å². The van der Waals surface area contributed by atoms with Crippen LogP contribution in [-0.2, 0) is 10.0 Å². The van der Waals surface area contributed by atoms with E-state index < -0.39 is 27.7 Å². The molecule has 8 nitrogen and oxygen atoms in total. The maximum atomic E-state index is 12.7. The van der Waals surface area contributed by atoms with Gasteiger partial charge < -0.3 is 5.32 Å². The van der Waals surface area contributed by atoms with Gasteiger partial charge in [-0.25, -0.2) is 13.3 Å². The second-order valence-electron chi connectivity index (χ2n) is 7.40. The Morgan fingerprint density at radius 3 is 2.16 bits per heavy atom. The molecule has 0 aromatic heterocycles. The van der Waals surface area contributed by atoms with Crippen molar-refractivity contribution in [2.45, 2.75) is 6.92 Å². The zero-order chi connectivity index (χ0) is 23.0. The predicted octanol–water partition coefficient (Wildman–Crippen LogP) is 3.42. The lowest BCUT2D eigenvalue weighted by atomic mass is 10.1. The summed E-state index contributed by atoms with van der Waals surface area (Å²) in [4.78, 5) is 39.2. The lowest BCUT2D eigenvalue weighted by Crippen LogP contribution is -2.29. The molecule has 162 valence electrons. The number of carbonyl (C=O) groups is 3. The van der Waals surface area contributed by atoms with Gasteiger partial charge in [-0.1, -0.05) is 24.3 Å². The van der Waals surface area contributed by atoms with E-state index in [2.05, 4.69) is 10.0 Å². The topological polar surface area (TPSA) is 113 Å². The summed E-state index contributed by atoms with van der Waals surface area (Å²) in [5, 5.41) is 2.72. The number of anilines is 3. The van der Waals surface area contributed by atoms with E-state index in [1.165, 1.54) is 12.1 Å². The maximum Gasteiger partial charge on any atom is 0.266 e. The first kappa shape index (κ1) is 21.3. The molecule has 4 rings (SSSR count). The van der Waals surface area contributed by atoms with Gasteiger partial charge in [0.1, 0.15) is 0 Å². The van der Waals surface area contributed by atoms with Crippen molar-refractivity contribution < 1.29 is 22.8 Å². The van der Waals surface area contributed by atoms with Gasteiger partial charge in [0.15, 0.2) is 0 Å². The minimum atomic E-state index is -3.50. The van der Waals surface area contributed by atoms with Crippen molar-refractivity contribution in [1.29, 1.82) is 0 Å². The summed E-state index contributed by atoms with van der Waals surface area (Å²) in [5.74, 6) is -1.32. The van der Waals surface area contributed by atoms with Gasteiger partial charge in [-0.15, -0.1) is 0 Å². The minimum Gasteiger partial charge on any atom is -0.322 e. The van der Waals surface area contributed by atoms with Crippen LogP contribution in [-0.4, -0.2) is 32.4 Å². The first-order valence-corrected chi connectivity index (χ1v) is 11.5. The molecule has 0 saturated carbocycles. The van der Waals surface area contributed by atoms with Crippen LogP contribution in [0.25, 0.3) is 0 Å². The fourth-order valence-electron chi connectivity index (χ4n) is 3.42. The van der Waals surface area contributed by atoms with Crippen molar-refractivity contribution in [2.75, 3.05) is 21.2 Å². The zero-order valence-electron chi connectivity index (χ0n) is 17.2. The van der Waals surface area contributed by atoms with Crippen LogP contribution in [0.3, 0.4) is 0 Å². The van der Waals surface area contributed by atoms with Gasteiger partial charge in [0.05, 0.1) is 28.8 Å². The Hall–Kier alpha value is -3.98. The largest absolute Gasteiger partial charge is 0.322 e. The van der Waals surface area contributed by atoms with E-state index in [-0.39, 0.29) is 5.56 Å². The molecule has 0 unspecified atom stereocenters. The number of nitrogens with one attached hydrogen (secondary N) is 2. The second-order valence-corrected chi connectivity index (χ2v) is 9.15. The molecule has 3 aromatic rings. The minimum absolute atomic E-state index is 0.243. The molecule has 0 spiro atoms. The number of hydrogen-bond donors (Lipinski definition) is 2. The number of aryl methyl sites for hydroxylation is 1. The Labute approximate surface area is 184 Å². The molecular weight excluding hydrogens is 430 g/mol. The third kappa shape index (κ3) is 4.10. The van der Waals surface area contributed by atoms with Crippen LogP contribution in [0.1, 0.15) is 36.6 Å². The van der Waals surface area contributed by atoms with Crippen LogP contribution in [0, 0.1) is 6.92 Å². The van der Waals surface area contributed by atoms with E-state index in [1.807, 2.05) is 0 Å². The first-order chi connectivity index (χ1) is 15.1.